The average molecular weight is 321 g/mol. The highest BCUT2D eigenvalue weighted by atomic mass is 32.1. The van der Waals surface area contributed by atoms with Gasteiger partial charge in [0.15, 0.2) is 5.96 Å². The maximum absolute atomic E-state index is 4.36. The Hall–Kier alpha value is -1.14. The fraction of sp³-hybridized carbons (Fsp3) is 0.750. The maximum atomic E-state index is 4.36. The number of hydrogen-bond acceptors (Lipinski definition) is 4. The second kappa shape index (κ2) is 7.42. The van der Waals surface area contributed by atoms with Crippen LogP contribution in [0.2, 0.25) is 0 Å². The minimum absolute atomic E-state index is 0.523. The lowest BCUT2D eigenvalue weighted by Crippen LogP contribution is -2.44. The van der Waals surface area contributed by atoms with E-state index >= 15 is 0 Å². The van der Waals surface area contributed by atoms with Gasteiger partial charge in [-0.05, 0) is 26.2 Å². The predicted molar refractivity (Wildman–Crippen MR) is 92.4 cm³/mol. The van der Waals surface area contributed by atoms with Crippen LogP contribution in [-0.2, 0) is 6.54 Å². The van der Waals surface area contributed by atoms with Gasteiger partial charge in [0.05, 0.1) is 11.6 Å². The number of thiazole rings is 1. The summed E-state index contributed by atoms with van der Waals surface area (Å²) in [6.45, 7) is 5.22. The zero-order valence-corrected chi connectivity index (χ0v) is 14.5. The van der Waals surface area contributed by atoms with E-state index in [4.69, 9.17) is 0 Å². The minimum Gasteiger partial charge on any atom is -0.352 e. The molecule has 2 aliphatic rings. The third kappa shape index (κ3) is 3.98. The van der Waals surface area contributed by atoms with Crippen molar-refractivity contribution in [1.82, 2.24) is 20.5 Å². The molecule has 1 aromatic heterocycles. The van der Waals surface area contributed by atoms with Gasteiger partial charge in [-0.3, -0.25) is 9.89 Å². The molecular weight excluding hydrogens is 294 g/mol. The molecule has 1 atom stereocenters. The van der Waals surface area contributed by atoms with Gasteiger partial charge in [-0.25, -0.2) is 4.98 Å². The van der Waals surface area contributed by atoms with Gasteiger partial charge in [0, 0.05) is 43.3 Å². The summed E-state index contributed by atoms with van der Waals surface area (Å²) in [5, 5.41) is 8.09. The molecule has 2 heterocycles. The van der Waals surface area contributed by atoms with E-state index in [1.54, 1.807) is 11.3 Å². The first-order valence-electron chi connectivity index (χ1n) is 8.37. The predicted octanol–water partition coefficient (Wildman–Crippen LogP) is 2.13. The van der Waals surface area contributed by atoms with E-state index in [2.05, 4.69) is 25.5 Å². The number of aromatic nitrogens is 1. The normalized spacial score (nSPS) is 24.1. The molecule has 1 aromatic rings. The summed E-state index contributed by atoms with van der Waals surface area (Å²) in [6.07, 6.45) is 8.77. The lowest BCUT2D eigenvalue weighted by Gasteiger charge is -2.24. The fourth-order valence-corrected chi connectivity index (χ4v) is 4.29. The van der Waals surface area contributed by atoms with Crippen LogP contribution in [0.15, 0.2) is 11.2 Å². The zero-order chi connectivity index (χ0) is 15.4. The van der Waals surface area contributed by atoms with E-state index in [1.807, 2.05) is 20.2 Å². The van der Waals surface area contributed by atoms with Gasteiger partial charge in [0.1, 0.15) is 0 Å². The SMILES string of the molecule is CN=C(NCc1cnc(C)s1)NC1CCN(C2CCCC2)C1. The summed E-state index contributed by atoms with van der Waals surface area (Å²) < 4.78 is 0. The number of aryl methyl sites for hydroxylation is 1. The monoisotopic (exact) mass is 321 g/mol. The standard InChI is InChI=1S/C16H27N5S/c1-12-18-9-15(22-12)10-19-16(17-2)20-13-7-8-21(11-13)14-5-3-4-6-14/h9,13-14H,3-8,10-11H2,1-2H3,(H2,17,19,20). The van der Waals surface area contributed by atoms with Crippen molar-refractivity contribution in [3.63, 3.8) is 0 Å². The van der Waals surface area contributed by atoms with Gasteiger partial charge >= 0.3 is 0 Å². The topological polar surface area (TPSA) is 52.6 Å². The minimum atomic E-state index is 0.523. The van der Waals surface area contributed by atoms with Gasteiger partial charge < -0.3 is 10.6 Å². The lowest BCUT2D eigenvalue weighted by molar-refractivity contribution is 0.242. The third-order valence-corrected chi connectivity index (χ3v) is 5.64. The smallest absolute Gasteiger partial charge is 0.191 e. The molecule has 2 fully saturated rings. The summed E-state index contributed by atoms with van der Waals surface area (Å²) in [6, 6.07) is 1.36. The number of hydrogen-bond donors (Lipinski definition) is 2. The van der Waals surface area contributed by atoms with Crippen LogP contribution >= 0.6 is 11.3 Å². The van der Waals surface area contributed by atoms with Gasteiger partial charge in [-0.1, -0.05) is 12.8 Å². The summed E-state index contributed by atoms with van der Waals surface area (Å²) >= 11 is 1.74. The molecule has 1 aliphatic heterocycles. The van der Waals surface area contributed by atoms with E-state index in [-0.39, 0.29) is 0 Å². The molecule has 1 unspecified atom stereocenters. The summed E-state index contributed by atoms with van der Waals surface area (Å²) in [5.41, 5.74) is 0. The quantitative estimate of drug-likeness (QED) is 0.659. The molecule has 122 valence electrons. The van der Waals surface area contributed by atoms with Crippen LogP contribution in [0.3, 0.4) is 0 Å². The molecule has 1 saturated carbocycles. The number of likely N-dealkylation sites (tertiary alicyclic amines) is 1. The Kier molecular flexibility index (Phi) is 5.31. The van der Waals surface area contributed by atoms with Crippen molar-refractivity contribution in [2.24, 2.45) is 4.99 Å². The maximum Gasteiger partial charge on any atom is 0.191 e. The summed E-state index contributed by atoms with van der Waals surface area (Å²) in [7, 11) is 1.84. The molecule has 0 bridgehead atoms. The first kappa shape index (κ1) is 15.7. The highest BCUT2D eigenvalue weighted by Gasteiger charge is 2.30. The highest BCUT2D eigenvalue weighted by Crippen LogP contribution is 2.26. The van der Waals surface area contributed by atoms with Crippen molar-refractivity contribution in [3.8, 4) is 0 Å². The van der Waals surface area contributed by atoms with Crippen molar-refractivity contribution in [2.45, 2.75) is 57.7 Å². The first-order chi connectivity index (χ1) is 10.7. The Bertz CT molecular complexity index is 506. The molecule has 1 saturated heterocycles. The fourth-order valence-electron chi connectivity index (χ4n) is 3.55. The number of nitrogens with zero attached hydrogens (tertiary/aromatic N) is 3. The number of guanidine groups is 1. The van der Waals surface area contributed by atoms with Crippen LogP contribution in [0.5, 0.6) is 0 Å². The second-order valence-electron chi connectivity index (χ2n) is 6.33. The Morgan fingerprint density at radius 3 is 2.91 bits per heavy atom. The Labute approximate surface area is 137 Å². The molecular formula is C16H27N5S. The number of rotatable bonds is 4. The largest absolute Gasteiger partial charge is 0.352 e. The van der Waals surface area contributed by atoms with E-state index in [0.717, 1.165) is 30.1 Å². The van der Waals surface area contributed by atoms with Crippen molar-refractivity contribution in [1.29, 1.82) is 0 Å². The Balaban J connectivity index is 1.44. The summed E-state index contributed by atoms with van der Waals surface area (Å²) in [5.74, 6) is 0.907. The molecule has 5 nitrogen and oxygen atoms in total. The Morgan fingerprint density at radius 1 is 1.41 bits per heavy atom. The Morgan fingerprint density at radius 2 is 2.23 bits per heavy atom. The van der Waals surface area contributed by atoms with Crippen LogP contribution in [0, 0.1) is 6.92 Å². The van der Waals surface area contributed by atoms with Crippen LogP contribution < -0.4 is 10.6 Å². The van der Waals surface area contributed by atoms with Crippen molar-refractivity contribution in [3.05, 3.63) is 16.1 Å². The van der Waals surface area contributed by atoms with E-state index in [1.165, 1.54) is 43.5 Å². The molecule has 3 rings (SSSR count). The zero-order valence-electron chi connectivity index (χ0n) is 13.6. The average Bonchev–Trinajstić information content (AvgIpc) is 3.24. The van der Waals surface area contributed by atoms with Gasteiger partial charge in [0.2, 0.25) is 0 Å². The molecule has 6 heteroatoms. The van der Waals surface area contributed by atoms with E-state index < -0.39 is 0 Å². The lowest BCUT2D eigenvalue weighted by atomic mass is 10.2. The third-order valence-electron chi connectivity index (χ3n) is 4.72. The van der Waals surface area contributed by atoms with E-state index in [0.29, 0.717) is 6.04 Å². The van der Waals surface area contributed by atoms with Crippen LogP contribution in [0.1, 0.15) is 42.0 Å². The highest BCUT2D eigenvalue weighted by molar-refractivity contribution is 7.11. The van der Waals surface area contributed by atoms with Gasteiger partial charge in [0.25, 0.3) is 0 Å². The molecule has 0 aromatic carbocycles. The molecule has 1 aliphatic carbocycles. The first-order valence-corrected chi connectivity index (χ1v) is 9.19. The van der Waals surface area contributed by atoms with Gasteiger partial charge in [-0.2, -0.15) is 0 Å². The number of aliphatic imine (C=N–C) groups is 1. The molecule has 0 spiro atoms. The van der Waals surface area contributed by atoms with Crippen molar-refractivity contribution in [2.75, 3.05) is 20.1 Å². The molecule has 2 N–H and O–H groups in total. The number of nitrogens with one attached hydrogen (secondary N) is 2. The van der Waals surface area contributed by atoms with Gasteiger partial charge in [-0.15, -0.1) is 11.3 Å². The molecule has 0 radical (unpaired) electrons. The van der Waals surface area contributed by atoms with Crippen molar-refractivity contribution >= 4 is 17.3 Å². The van der Waals surface area contributed by atoms with Crippen LogP contribution in [0.4, 0.5) is 0 Å². The van der Waals surface area contributed by atoms with Crippen molar-refractivity contribution < 1.29 is 0 Å². The van der Waals surface area contributed by atoms with E-state index in [9.17, 15) is 0 Å². The molecule has 0 amide bonds. The second-order valence-corrected chi connectivity index (χ2v) is 7.65. The summed E-state index contributed by atoms with van der Waals surface area (Å²) in [4.78, 5) is 12.6. The van der Waals surface area contributed by atoms with Crippen LogP contribution in [0.25, 0.3) is 0 Å². The van der Waals surface area contributed by atoms with Crippen LogP contribution in [-0.4, -0.2) is 48.1 Å². The molecule has 22 heavy (non-hydrogen) atoms.